The van der Waals surface area contributed by atoms with E-state index < -0.39 is 0 Å². The molecule has 0 saturated heterocycles. The maximum absolute atomic E-state index is 5.40. The minimum Gasteiger partial charge on any atom is -0.360 e. The van der Waals surface area contributed by atoms with Crippen molar-refractivity contribution >= 4 is 16.7 Å². The van der Waals surface area contributed by atoms with Crippen LogP contribution in [-0.4, -0.2) is 22.4 Å². The molecule has 14 heavy (non-hydrogen) atoms. The van der Waals surface area contributed by atoms with Crippen LogP contribution in [0.2, 0.25) is 0 Å². The Hall–Kier alpha value is -0.680. The van der Waals surface area contributed by atoms with Crippen molar-refractivity contribution in [3.05, 3.63) is 5.82 Å². The molecule has 4 nitrogen and oxygen atoms in total. The third kappa shape index (κ3) is 4.53. The number of anilines is 1. The maximum Gasteiger partial charge on any atom is 0.202 e. The SMILES string of the molecule is Cc1nsc(NCCCCCCN)n1. The van der Waals surface area contributed by atoms with Crippen LogP contribution in [-0.2, 0) is 0 Å². The minimum absolute atomic E-state index is 0.809. The zero-order valence-electron chi connectivity index (χ0n) is 8.62. The molecule has 80 valence electrons. The van der Waals surface area contributed by atoms with Crippen LogP contribution < -0.4 is 11.1 Å². The highest BCUT2D eigenvalue weighted by Crippen LogP contribution is 2.10. The summed E-state index contributed by atoms with van der Waals surface area (Å²) >= 11 is 1.43. The normalized spacial score (nSPS) is 10.4. The van der Waals surface area contributed by atoms with E-state index in [0.29, 0.717) is 0 Å². The van der Waals surface area contributed by atoms with Gasteiger partial charge in [0.05, 0.1) is 0 Å². The molecule has 0 bridgehead atoms. The Morgan fingerprint density at radius 3 is 2.71 bits per heavy atom. The summed E-state index contributed by atoms with van der Waals surface area (Å²) in [5.41, 5.74) is 5.40. The Bertz CT molecular complexity index is 249. The van der Waals surface area contributed by atoms with Crippen molar-refractivity contribution in [2.45, 2.75) is 32.6 Å². The summed E-state index contributed by atoms with van der Waals surface area (Å²) in [6.07, 6.45) is 4.78. The second kappa shape index (κ2) is 6.73. The van der Waals surface area contributed by atoms with E-state index >= 15 is 0 Å². The molecular formula is C9H18N4S. The third-order valence-electron chi connectivity index (χ3n) is 1.93. The fourth-order valence-electron chi connectivity index (χ4n) is 1.19. The van der Waals surface area contributed by atoms with E-state index in [2.05, 4.69) is 14.7 Å². The van der Waals surface area contributed by atoms with Gasteiger partial charge in [-0.1, -0.05) is 12.8 Å². The molecule has 0 atom stereocenters. The van der Waals surface area contributed by atoms with Gasteiger partial charge in [-0.25, -0.2) is 4.98 Å². The number of nitrogens with zero attached hydrogens (tertiary/aromatic N) is 2. The van der Waals surface area contributed by atoms with Gasteiger partial charge in [-0.15, -0.1) is 0 Å². The van der Waals surface area contributed by atoms with Gasteiger partial charge in [0.2, 0.25) is 5.13 Å². The standard InChI is InChI=1S/C9H18N4S/c1-8-12-9(14-13-8)11-7-5-3-2-4-6-10/h2-7,10H2,1H3,(H,11,12,13). The quantitative estimate of drug-likeness (QED) is 0.679. The molecule has 0 unspecified atom stereocenters. The number of aromatic nitrogens is 2. The summed E-state index contributed by atoms with van der Waals surface area (Å²) in [5, 5.41) is 4.19. The van der Waals surface area contributed by atoms with E-state index in [0.717, 1.165) is 30.5 Å². The Balaban J connectivity index is 1.99. The molecule has 5 heteroatoms. The van der Waals surface area contributed by atoms with Gasteiger partial charge in [0.1, 0.15) is 5.82 Å². The van der Waals surface area contributed by atoms with E-state index in [-0.39, 0.29) is 0 Å². The summed E-state index contributed by atoms with van der Waals surface area (Å²) < 4.78 is 4.10. The number of hydrogen-bond acceptors (Lipinski definition) is 5. The fourth-order valence-corrected chi connectivity index (χ4v) is 1.79. The van der Waals surface area contributed by atoms with Crippen LogP contribution in [0.1, 0.15) is 31.5 Å². The first kappa shape index (κ1) is 11.4. The lowest BCUT2D eigenvalue weighted by atomic mass is 10.2. The van der Waals surface area contributed by atoms with Crippen LogP contribution in [0, 0.1) is 6.92 Å². The summed E-state index contributed by atoms with van der Waals surface area (Å²) in [6.45, 7) is 3.70. The Morgan fingerprint density at radius 2 is 2.07 bits per heavy atom. The van der Waals surface area contributed by atoms with E-state index in [9.17, 15) is 0 Å². The van der Waals surface area contributed by atoms with E-state index in [4.69, 9.17) is 5.73 Å². The second-order valence-corrected chi connectivity index (χ2v) is 4.03. The lowest BCUT2D eigenvalue weighted by molar-refractivity contribution is 0.661. The Labute approximate surface area is 89.1 Å². The molecule has 1 heterocycles. The third-order valence-corrected chi connectivity index (χ3v) is 2.70. The van der Waals surface area contributed by atoms with Crippen molar-refractivity contribution in [1.82, 2.24) is 9.36 Å². The predicted octanol–water partition coefficient (Wildman–Crippen LogP) is 1.78. The van der Waals surface area contributed by atoms with Crippen LogP contribution in [0.3, 0.4) is 0 Å². The predicted molar refractivity (Wildman–Crippen MR) is 60.7 cm³/mol. The topological polar surface area (TPSA) is 63.8 Å². The van der Waals surface area contributed by atoms with Crippen molar-refractivity contribution in [2.75, 3.05) is 18.4 Å². The zero-order valence-corrected chi connectivity index (χ0v) is 9.44. The molecule has 3 N–H and O–H groups in total. The monoisotopic (exact) mass is 214 g/mol. The molecule has 0 spiro atoms. The fraction of sp³-hybridized carbons (Fsp3) is 0.778. The molecule has 1 aromatic rings. The number of nitrogens with two attached hydrogens (primary N) is 1. The summed E-state index contributed by atoms with van der Waals surface area (Å²) in [7, 11) is 0. The molecule has 0 fully saturated rings. The number of aryl methyl sites for hydroxylation is 1. The van der Waals surface area contributed by atoms with Gasteiger partial charge >= 0.3 is 0 Å². The van der Waals surface area contributed by atoms with E-state index in [1.54, 1.807) is 0 Å². The Morgan fingerprint density at radius 1 is 1.29 bits per heavy atom. The molecule has 0 aromatic carbocycles. The molecule has 0 radical (unpaired) electrons. The zero-order chi connectivity index (χ0) is 10.2. The van der Waals surface area contributed by atoms with Crippen LogP contribution >= 0.6 is 11.5 Å². The first-order valence-corrected chi connectivity index (χ1v) is 5.84. The molecular weight excluding hydrogens is 196 g/mol. The number of hydrogen-bond donors (Lipinski definition) is 2. The average Bonchev–Trinajstić information content (AvgIpc) is 2.58. The maximum atomic E-state index is 5.40. The van der Waals surface area contributed by atoms with Gasteiger partial charge in [-0.3, -0.25) is 0 Å². The molecule has 1 aromatic heterocycles. The minimum atomic E-state index is 0.809. The molecule has 0 saturated carbocycles. The average molecular weight is 214 g/mol. The summed E-state index contributed by atoms with van der Waals surface area (Å²) in [4.78, 5) is 4.22. The van der Waals surface area contributed by atoms with E-state index in [1.165, 1.54) is 30.8 Å². The molecule has 0 amide bonds. The molecule has 0 aliphatic rings. The molecule has 0 aliphatic carbocycles. The number of nitrogens with one attached hydrogen (secondary N) is 1. The van der Waals surface area contributed by atoms with Crippen LogP contribution in [0.5, 0.6) is 0 Å². The summed E-state index contributed by atoms with van der Waals surface area (Å²) in [6, 6.07) is 0. The smallest absolute Gasteiger partial charge is 0.202 e. The Kier molecular flexibility index (Phi) is 5.47. The van der Waals surface area contributed by atoms with Gasteiger partial charge in [0.25, 0.3) is 0 Å². The van der Waals surface area contributed by atoms with Crippen LogP contribution in [0.15, 0.2) is 0 Å². The van der Waals surface area contributed by atoms with Gasteiger partial charge in [0, 0.05) is 18.1 Å². The van der Waals surface area contributed by atoms with Crippen molar-refractivity contribution in [2.24, 2.45) is 5.73 Å². The van der Waals surface area contributed by atoms with Gasteiger partial charge < -0.3 is 11.1 Å². The lowest BCUT2D eigenvalue weighted by Crippen LogP contribution is -2.02. The lowest BCUT2D eigenvalue weighted by Gasteiger charge is -2.01. The van der Waals surface area contributed by atoms with Crippen molar-refractivity contribution in [3.63, 3.8) is 0 Å². The van der Waals surface area contributed by atoms with E-state index in [1.807, 2.05) is 6.92 Å². The van der Waals surface area contributed by atoms with Crippen molar-refractivity contribution < 1.29 is 0 Å². The highest BCUT2D eigenvalue weighted by molar-refractivity contribution is 7.09. The van der Waals surface area contributed by atoms with Crippen molar-refractivity contribution in [1.29, 1.82) is 0 Å². The van der Waals surface area contributed by atoms with Crippen LogP contribution in [0.25, 0.3) is 0 Å². The number of unbranched alkanes of at least 4 members (excludes halogenated alkanes) is 3. The largest absolute Gasteiger partial charge is 0.360 e. The van der Waals surface area contributed by atoms with Gasteiger partial charge in [0.15, 0.2) is 0 Å². The van der Waals surface area contributed by atoms with Gasteiger partial charge in [-0.2, -0.15) is 4.37 Å². The second-order valence-electron chi connectivity index (χ2n) is 3.28. The molecule has 0 aliphatic heterocycles. The first-order valence-electron chi connectivity index (χ1n) is 5.07. The number of rotatable bonds is 7. The highest BCUT2D eigenvalue weighted by atomic mass is 32.1. The van der Waals surface area contributed by atoms with Crippen LogP contribution in [0.4, 0.5) is 5.13 Å². The summed E-state index contributed by atoms with van der Waals surface area (Å²) in [5.74, 6) is 0.848. The highest BCUT2D eigenvalue weighted by Gasteiger charge is 1.97. The molecule has 1 rings (SSSR count). The van der Waals surface area contributed by atoms with Crippen molar-refractivity contribution in [3.8, 4) is 0 Å². The first-order chi connectivity index (χ1) is 6.83. The van der Waals surface area contributed by atoms with Gasteiger partial charge in [-0.05, 0) is 26.3 Å².